The first-order valence-corrected chi connectivity index (χ1v) is 11.0. The number of hydrogen-bond acceptors (Lipinski definition) is 5. The van der Waals surface area contributed by atoms with Crippen molar-refractivity contribution in [2.24, 2.45) is 0 Å². The van der Waals surface area contributed by atoms with Crippen molar-refractivity contribution in [3.63, 3.8) is 0 Å². The van der Waals surface area contributed by atoms with Gasteiger partial charge < -0.3 is 14.6 Å². The molecule has 3 rings (SSSR count). The van der Waals surface area contributed by atoms with Crippen LogP contribution < -0.4 is 5.32 Å². The summed E-state index contributed by atoms with van der Waals surface area (Å²) in [5, 5.41) is 3.05. The molecule has 0 bridgehead atoms. The third-order valence-electron chi connectivity index (χ3n) is 4.49. The Morgan fingerprint density at radius 1 is 1.07 bits per heavy atom. The van der Waals surface area contributed by atoms with E-state index in [0.29, 0.717) is 0 Å². The first kappa shape index (κ1) is 21.6. The van der Waals surface area contributed by atoms with E-state index in [2.05, 4.69) is 5.32 Å². The van der Waals surface area contributed by atoms with Gasteiger partial charge in [0.2, 0.25) is 15.9 Å². The molecule has 0 unspecified atom stereocenters. The molecule has 0 aliphatic carbocycles. The van der Waals surface area contributed by atoms with Crippen LogP contribution >= 0.6 is 23.2 Å². The zero-order chi connectivity index (χ0) is 21.0. The molecule has 0 atom stereocenters. The number of benzene rings is 1. The van der Waals surface area contributed by atoms with E-state index in [1.807, 2.05) is 0 Å². The van der Waals surface area contributed by atoms with Crippen LogP contribution in [0.5, 0.6) is 0 Å². The van der Waals surface area contributed by atoms with Gasteiger partial charge in [-0.3, -0.25) is 9.59 Å². The van der Waals surface area contributed by atoms with E-state index in [4.69, 9.17) is 27.6 Å². The molecule has 1 saturated heterocycles. The molecule has 1 aliphatic heterocycles. The molecule has 0 radical (unpaired) electrons. The summed E-state index contributed by atoms with van der Waals surface area (Å²) < 4.78 is 31.8. The summed E-state index contributed by atoms with van der Waals surface area (Å²) in [6.45, 7) is 1.05. The SMILES string of the molecule is O=C(NCCC(=O)N1CCN(S(=O)(=O)c2ccc(Cl)c(Cl)c2)CC1)c1ccco1. The zero-order valence-electron chi connectivity index (χ0n) is 15.3. The van der Waals surface area contributed by atoms with E-state index in [1.54, 1.807) is 11.0 Å². The van der Waals surface area contributed by atoms with Crippen molar-refractivity contribution in [2.75, 3.05) is 32.7 Å². The second-order valence-electron chi connectivity index (χ2n) is 6.34. The molecule has 1 aliphatic rings. The molecule has 11 heteroatoms. The fourth-order valence-corrected chi connectivity index (χ4v) is 4.71. The van der Waals surface area contributed by atoms with Crippen molar-refractivity contribution in [2.45, 2.75) is 11.3 Å². The molecule has 1 aromatic carbocycles. The van der Waals surface area contributed by atoms with E-state index in [9.17, 15) is 18.0 Å². The van der Waals surface area contributed by atoms with Crippen LogP contribution in [0, 0.1) is 0 Å². The Morgan fingerprint density at radius 3 is 2.41 bits per heavy atom. The minimum absolute atomic E-state index is 0.0623. The number of nitrogens with zero attached hydrogens (tertiary/aromatic N) is 2. The van der Waals surface area contributed by atoms with Crippen LogP contribution in [0.2, 0.25) is 10.0 Å². The average molecular weight is 460 g/mol. The Balaban J connectivity index is 1.49. The third kappa shape index (κ3) is 5.11. The molecule has 1 N–H and O–H groups in total. The van der Waals surface area contributed by atoms with E-state index in [-0.39, 0.29) is 71.7 Å². The molecule has 8 nitrogen and oxygen atoms in total. The van der Waals surface area contributed by atoms with Crippen LogP contribution in [-0.4, -0.2) is 62.2 Å². The fraction of sp³-hybridized carbons (Fsp3) is 0.333. The zero-order valence-corrected chi connectivity index (χ0v) is 17.6. The molecule has 0 spiro atoms. The monoisotopic (exact) mass is 459 g/mol. The molecule has 1 aromatic heterocycles. The highest BCUT2D eigenvalue weighted by Crippen LogP contribution is 2.27. The number of furan rings is 1. The van der Waals surface area contributed by atoms with Gasteiger partial charge in [-0.2, -0.15) is 4.31 Å². The Kier molecular flexibility index (Phi) is 6.84. The Labute approximate surface area is 178 Å². The molecular weight excluding hydrogens is 441 g/mol. The smallest absolute Gasteiger partial charge is 0.286 e. The summed E-state index contributed by atoms with van der Waals surface area (Å²) in [5.74, 6) is -0.366. The number of carbonyl (C=O) groups is 2. The standard InChI is InChI=1S/C18H19Cl2N3O5S/c19-14-4-3-13(12-15(14)20)29(26,27)23-9-7-22(8-10-23)17(24)5-6-21-18(25)16-2-1-11-28-16/h1-4,11-12H,5-10H2,(H,21,25). The molecule has 1 fully saturated rings. The van der Waals surface area contributed by atoms with E-state index < -0.39 is 10.0 Å². The maximum absolute atomic E-state index is 12.8. The van der Waals surface area contributed by atoms with Crippen molar-refractivity contribution in [3.8, 4) is 0 Å². The van der Waals surface area contributed by atoms with Crippen molar-refractivity contribution in [3.05, 3.63) is 52.4 Å². The topological polar surface area (TPSA) is 99.9 Å². The molecule has 2 heterocycles. The Hall–Kier alpha value is -2.07. The van der Waals surface area contributed by atoms with Gasteiger partial charge in [-0.05, 0) is 30.3 Å². The Bertz CT molecular complexity index is 987. The predicted molar refractivity (Wildman–Crippen MR) is 107 cm³/mol. The molecule has 0 saturated carbocycles. The van der Waals surface area contributed by atoms with Crippen LogP contribution in [0.4, 0.5) is 0 Å². The number of piperazine rings is 1. The molecule has 2 amide bonds. The summed E-state index contributed by atoms with van der Waals surface area (Å²) in [5.41, 5.74) is 0. The van der Waals surface area contributed by atoms with Gasteiger partial charge in [0.1, 0.15) is 0 Å². The average Bonchev–Trinajstić information content (AvgIpc) is 3.25. The lowest BCUT2D eigenvalue weighted by Gasteiger charge is -2.34. The van der Waals surface area contributed by atoms with Gasteiger partial charge in [0.25, 0.3) is 5.91 Å². The van der Waals surface area contributed by atoms with E-state index >= 15 is 0 Å². The first-order chi connectivity index (χ1) is 13.8. The summed E-state index contributed by atoms with van der Waals surface area (Å²) in [7, 11) is -3.72. The van der Waals surface area contributed by atoms with Crippen LogP contribution in [0.25, 0.3) is 0 Å². The molecule has 29 heavy (non-hydrogen) atoms. The first-order valence-electron chi connectivity index (χ1n) is 8.84. The normalized spacial score (nSPS) is 15.3. The summed E-state index contributed by atoms with van der Waals surface area (Å²) in [4.78, 5) is 25.7. The fourth-order valence-electron chi connectivity index (χ4n) is 2.90. The van der Waals surface area contributed by atoms with Gasteiger partial charge in [-0.15, -0.1) is 0 Å². The lowest BCUT2D eigenvalue weighted by atomic mass is 10.3. The number of rotatable bonds is 6. The van der Waals surface area contributed by atoms with E-state index in [1.165, 1.54) is 34.8 Å². The number of carbonyl (C=O) groups excluding carboxylic acids is 2. The number of nitrogens with one attached hydrogen (secondary N) is 1. The second kappa shape index (κ2) is 9.17. The van der Waals surface area contributed by atoms with Crippen LogP contribution in [0.3, 0.4) is 0 Å². The van der Waals surface area contributed by atoms with Gasteiger partial charge in [0.05, 0.1) is 21.2 Å². The van der Waals surface area contributed by atoms with Gasteiger partial charge in [0.15, 0.2) is 5.76 Å². The third-order valence-corrected chi connectivity index (χ3v) is 7.12. The number of amides is 2. The number of halogens is 2. The van der Waals surface area contributed by atoms with Crippen LogP contribution in [-0.2, 0) is 14.8 Å². The predicted octanol–water partition coefficient (Wildman–Crippen LogP) is 2.24. The van der Waals surface area contributed by atoms with Crippen molar-refractivity contribution >= 4 is 45.0 Å². The summed E-state index contributed by atoms with van der Waals surface area (Å²) in [6, 6.07) is 7.30. The van der Waals surface area contributed by atoms with Gasteiger partial charge >= 0.3 is 0 Å². The Morgan fingerprint density at radius 2 is 1.79 bits per heavy atom. The second-order valence-corrected chi connectivity index (χ2v) is 9.10. The van der Waals surface area contributed by atoms with Crippen LogP contribution in [0.15, 0.2) is 45.9 Å². The lowest BCUT2D eigenvalue weighted by Crippen LogP contribution is -2.50. The van der Waals surface area contributed by atoms with Crippen LogP contribution in [0.1, 0.15) is 17.0 Å². The highest BCUT2D eigenvalue weighted by Gasteiger charge is 2.30. The van der Waals surface area contributed by atoms with Crippen molar-refractivity contribution in [1.82, 2.24) is 14.5 Å². The number of hydrogen-bond donors (Lipinski definition) is 1. The molecule has 2 aromatic rings. The highest BCUT2D eigenvalue weighted by atomic mass is 35.5. The van der Waals surface area contributed by atoms with Gasteiger partial charge in [-0.1, -0.05) is 23.2 Å². The molecule has 156 valence electrons. The highest BCUT2D eigenvalue weighted by molar-refractivity contribution is 7.89. The van der Waals surface area contributed by atoms with Crippen molar-refractivity contribution in [1.29, 1.82) is 0 Å². The quantitative estimate of drug-likeness (QED) is 0.713. The maximum atomic E-state index is 12.8. The summed E-state index contributed by atoms with van der Waals surface area (Å²) in [6.07, 6.45) is 1.51. The minimum Gasteiger partial charge on any atom is -0.459 e. The maximum Gasteiger partial charge on any atom is 0.286 e. The van der Waals surface area contributed by atoms with E-state index in [0.717, 1.165) is 0 Å². The summed E-state index contributed by atoms with van der Waals surface area (Å²) >= 11 is 11.8. The van der Waals surface area contributed by atoms with Gasteiger partial charge in [-0.25, -0.2) is 8.42 Å². The number of sulfonamides is 1. The van der Waals surface area contributed by atoms with Crippen molar-refractivity contribution < 1.29 is 22.4 Å². The lowest BCUT2D eigenvalue weighted by molar-refractivity contribution is -0.132. The largest absolute Gasteiger partial charge is 0.459 e. The van der Waals surface area contributed by atoms with Gasteiger partial charge in [0, 0.05) is 39.1 Å². The molecular formula is C18H19Cl2N3O5S. The minimum atomic E-state index is -3.72.